The number of para-hydroxylation sites is 1. The molecule has 2 aromatic carbocycles. The molecule has 1 aromatic heterocycles. The number of hydrogen-bond acceptors (Lipinski definition) is 5. The molecule has 0 fully saturated rings. The standard InChI is InChI=1S/C18H18FN3O2/c1-22(2)11-12-23-16-10-6-4-8-14(16)18-20-17(21-24-18)13-7-3-5-9-15(13)19/h3-10H,11-12H2,1-2H3. The predicted molar refractivity (Wildman–Crippen MR) is 89.2 cm³/mol. The van der Waals surface area contributed by atoms with Crippen LogP contribution in [0.15, 0.2) is 53.1 Å². The third kappa shape index (κ3) is 3.60. The zero-order valence-electron chi connectivity index (χ0n) is 13.6. The van der Waals surface area contributed by atoms with Crippen molar-refractivity contribution in [1.82, 2.24) is 15.0 Å². The Labute approximate surface area is 139 Å². The third-order valence-corrected chi connectivity index (χ3v) is 3.45. The topological polar surface area (TPSA) is 51.4 Å². The molecule has 0 amide bonds. The Kier molecular flexibility index (Phi) is 4.86. The van der Waals surface area contributed by atoms with Crippen LogP contribution in [0.2, 0.25) is 0 Å². The summed E-state index contributed by atoms with van der Waals surface area (Å²) in [4.78, 5) is 6.34. The van der Waals surface area contributed by atoms with E-state index in [2.05, 4.69) is 10.1 Å². The maximum absolute atomic E-state index is 13.9. The van der Waals surface area contributed by atoms with Gasteiger partial charge >= 0.3 is 0 Å². The van der Waals surface area contributed by atoms with Crippen LogP contribution in [0.3, 0.4) is 0 Å². The molecule has 6 heteroatoms. The number of rotatable bonds is 6. The molecule has 124 valence electrons. The van der Waals surface area contributed by atoms with E-state index < -0.39 is 0 Å². The zero-order valence-corrected chi connectivity index (χ0v) is 13.6. The van der Waals surface area contributed by atoms with Crippen LogP contribution in [0.1, 0.15) is 0 Å². The van der Waals surface area contributed by atoms with Gasteiger partial charge in [-0.05, 0) is 38.4 Å². The molecule has 0 saturated heterocycles. The fraction of sp³-hybridized carbons (Fsp3) is 0.222. The largest absolute Gasteiger partial charge is 0.491 e. The molecule has 24 heavy (non-hydrogen) atoms. The van der Waals surface area contributed by atoms with Gasteiger partial charge < -0.3 is 14.2 Å². The Morgan fingerprint density at radius 3 is 2.50 bits per heavy atom. The van der Waals surface area contributed by atoms with Gasteiger partial charge in [-0.2, -0.15) is 4.98 Å². The smallest absolute Gasteiger partial charge is 0.262 e. The van der Waals surface area contributed by atoms with Gasteiger partial charge in [0, 0.05) is 6.54 Å². The second-order valence-electron chi connectivity index (χ2n) is 5.55. The van der Waals surface area contributed by atoms with Gasteiger partial charge in [-0.1, -0.05) is 29.4 Å². The van der Waals surface area contributed by atoms with Crippen LogP contribution in [0.4, 0.5) is 4.39 Å². The molecular formula is C18H18FN3O2. The molecule has 0 aliphatic heterocycles. The highest BCUT2D eigenvalue weighted by Crippen LogP contribution is 2.30. The number of ether oxygens (including phenoxy) is 1. The van der Waals surface area contributed by atoms with Crippen LogP contribution in [-0.2, 0) is 0 Å². The van der Waals surface area contributed by atoms with Crippen molar-refractivity contribution in [2.45, 2.75) is 0 Å². The first-order valence-corrected chi connectivity index (χ1v) is 7.60. The lowest BCUT2D eigenvalue weighted by molar-refractivity contribution is 0.261. The molecular weight excluding hydrogens is 309 g/mol. The molecule has 0 N–H and O–H groups in total. The summed E-state index contributed by atoms with van der Waals surface area (Å²) < 4.78 is 25.0. The quantitative estimate of drug-likeness (QED) is 0.694. The average molecular weight is 327 g/mol. The van der Waals surface area contributed by atoms with Crippen LogP contribution >= 0.6 is 0 Å². The van der Waals surface area contributed by atoms with Crippen molar-refractivity contribution in [3.63, 3.8) is 0 Å². The lowest BCUT2D eigenvalue weighted by Crippen LogP contribution is -2.19. The number of hydrogen-bond donors (Lipinski definition) is 0. The van der Waals surface area contributed by atoms with Crippen LogP contribution in [0.5, 0.6) is 5.75 Å². The number of halogens is 1. The summed E-state index contributed by atoms with van der Waals surface area (Å²) in [6.45, 7) is 1.33. The minimum absolute atomic E-state index is 0.214. The average Bonchev–Trinajstić information content (AvgIpc) is 3.05. The Morgan fingerprint density at radius 1 is 1.04 bits per heavy atom. The molecule has 5 nitrogen and oxygen atoms in total. The van der Waals surface area contributed by atoms with E-state index in [9.17, 15) is 4.39 Å². The Balaban J connectivity index is 1.87. The van der Waals surface area contributed by atoms with Crippen molar-refractivity contribution in [3.8, 4) is 28.6 Å². The normalized spacial score (nSPS) is 11.0. The van der Waals surface area contributed by atoms with Crippen molar-refractivity contribution in [2.75, 3.05) is 27.2 Å². The summed E-state index contributed by atoms with van der Waals surface area (Å²) in [6.07, 6.45) is 0. The zero-order chi connectivity index (χ0) is 16.9. The van der Waals surface area contributed by atoms with E-state index in [4.69, 9.17) is 9.26 Å². The van der Waals surface area contributed by atoms with E-state index in [-0.39, 0.29) is 11.6 Å². The fourth-order valence-electron chi connectivity index (χ4n) is 2.19. The van der Waals surface area contributed by atoms with E-state index in [1.165, 1.54) is 6.07 Å². The van der Waals surface area contributed by atoms with Gasteiger partial charge in [-0.25, -0.2) is 4.39 Å². The van der Waals surface area contributed by atoms with Crippen molar-refractivity contribution in [1.29, 1.82) is 0 Å². The van der Waals surface area contributed by atoms with Crippen LogP contribution in [0.25, 0.3) is 22.8 Å². The summed E-state index contributed by atoms with van der Waals surface area (Å²) in [7, 11) is 3.96. The summed E-state index contributed by atoms with van der Waals surface area (Å²) in [5.41, 5.74) is 0.991. The van der Waals surface area contributed by atoms with E-state index in [1.54, 1.807) is 18.2 Å². The molecule has 3 rings (SSSR count). The maximum atomic E-state index is 13.9. The van der Waals surface area contributed by atoms with Gasteiger partial charge in [0.1, 0.15) is 18.2 Å². The molecule has 0 bridgehead atoms. The highest BCUT2D eigenvalue weighted by Gasteiger charge is 2.16. The summed E-state index contributed by atoms with van der Waals surface area (Å²) in [5, 5.41) is 3.88. The predicted octanol–water partition coefficient (Wildman–Crippen LogP) is 3.48. The monoisotopic (exact) mass is 327 g/mol. The van der Waals surface area contributed by atoms with Crippen LogP contribution < -0.4 is 4.74 Å². The molecule has 3 aromatic rings. The fourth-order valence-corrected chi connectivity index (χ4v) is 2.19. The lowest BCUT2D eigenvalue weighted by Gasteiger charge is -2.12. The molecule has 0 radical (unpaired) electrons. The number of benzene rings is 2. The molecule has 0 unspecified atom stereocenters. The van der Waals surface area contributed by atoms with Gasteiger partial charge in [0.15, 0.2) is 0 Å². The van der Waals surface area contributed by atoms with Gasteiger partial charge in [-0.15, -0.1) is 0 Å². The Hall–Kier alpha value is -2.73. The van der Waals surface area contributed by atoms with Crippen molar-refractivity contribution in [3.05, 3.63) is 54.3 Å². The minimum atomic E-state index is -0.389. The van der Waals surface area contributed by atoms with Crippen molar-refractivity contribution < 1.29 is 13.7 Å². The summed E-state index contributed by atoms with van der Waals surface area (Å²) >= 11 is 0. The molecule has 1 heterocycles. The molecule has 0 aliphatic rings. The molecule has 0 saturated carbocycles. The lowest BCUT2D eigenvalue weighted by atomic mass is 10.2. The highest BCUT2D eigenvalue weighted by molar-refractivity contribution is 5.65. The second kappa shape index (κ2) is 7.23. The first kappa shape index (κ1) is 16.1. The molecule has 0 atom stereocenters. The third-order valence-electron chi connectivity index (χ3n) is 3.45. The van der Waals surface area contributed by atoms with Crippen molar-refractivity contribution >= 4 is 0 Å². The van der Waals surface area contributed by atoms with Gasteiger partial charge in [0.2, 0.25) is 5.82 Å². The minimum Gasteiger partial charge on any atom is -0.491 e. The van der Waals surface area contributed by atoms with Gasteiger partial charge in [0.05, 0.1) is 11.1 Å². The van der Waals surface area contributed by atoms with E-state index >= 15 is 0 Å². The van der Waals surface area contributed by atoms with Crippen molar-refractivity contribution in [2.24, 2.45) is 0 Å². The van der Waals surface area contributed by atoms with Gasteiger partial charge in [-0.3, -0.25) is 0 Å². The maximum Gasteiger partial charge on any atom is 0.262 e. The summed E-state index contributed by atoms with van der Waals surface area (Å²) in [5.74, 6) is 0.781. The Morgan fingerprint density at radius 2 is 1.75 bits per heavy atom. The number of aromatic nitrogens is 2. The van der Waals surface area contributed by atoms with Gasteiger partial charge in [0.25, 0.3) is 5.89 Å². The number of nitrogens with zero attached hydrogens (tertiary/aromatic N) is 3. The summed E-state index contributed by atoms with van der Waals surface area (Å²) in [6, 6.07) is 13.7. The second-order valence-corrected chi connectivity index (χ2v) is 5.55. The van der Waals surface area contributed by atoms with Crippen LogP contribution in [-0.4, -0.2) is 42.3 Å². The molecule has 0 aliphatic carbocycles. The van der Waals surface area contributed by atoms with E-state index in [0.717, 1.165) is 6.54 Å². The SMILES string of the molecule is CN(C)CCOc1ccccc1-c1nc(-c2ccccc2F)no1. The van der Waals surface area contributed by atoms with Crippen LogP contribution in [0, 0.1) is 5.82 Å². The van der Waals surface area contributed by atoms with E-state index in [0.29, 0.717) is 29.4 Å². The Bertz CT molecular complexity index is 817. The number of likely N-dealkylation sites (N-methyl/N-ethyl adjacent to an activating group) is 1. The van der Waals surface area contributed by atoms with E-state index in [1.807, 2.05) is 43.3 Å². The first-order chi connectivity index (χ1) is 11.6. The first-order valence-electron chi connectivity index (χ1n) is 7.60. The highest BCUT2D eigenvalue weighted by atomic mass is 19.1. The molecule has 0 spiro atoms.